The number of hydrogen-bond donors (Lipinski definition) is 2. The second-order valence-electron chi connectivity index (χ2n) is 7.14. The fraction of sp³-hybridized carbons (Fsp3) is 0.688. The molecule has 3 rings (SSSR count). The zero-order chi connectivity index (χ0) is 17.3. The number of rotatable bonds is 4. The number of carbonyl (C=O) groups is 1. The summed E-state index contributed by atoms with van der Waals surface area (Å²) in [6, 6.07) is 0.184. The topological polar surface area (TPSA) is 76.1 Å². The molecule has 0 radical (unpaired) electrons. The summed E-state index contributed by atoms with van der Waals surface area (Å²) in [6.07, 6.45) is 4.18. The number of amides is 1. The predicted octanol–water partition coefficient (Wildman–Crippen LogP) is 2.53. The fourth-order valence-electron chi connectivity index (χ4n) is 3.27. The molecule has 1 atom stereocenters. The molecule has 1 unspecified atom stereocenters. The molecule has 2 heterocycles. The Hall–Kier alpha value is -1.47. The normalized spacial score (nSPS) is 28.8. The highest BCUT2D eigenvalue weighted by Crippen LogP contribution is 2.30. The van der Waals surface area contributed by atoms with Crippen LogP contribution in [-0.2, 0) is 9.53 Å². The number of anilines is 1. The summed E-state index contributed by atoms with van der Waals surface area (Å²) in [6.45, 7) is 4.64. The van der Waals surface area contributed by atoms with Crippen molar-refractivity contribution < 1.29 is 13.9 Å². The fourth-order valence-corrected chi connectivity index (χ4v) is 3.40. The van der Waals surface area contributed by atoms with Crippen molar-refractivity contribution in [3.05, 3.63) is 17.3 Å². The van der Waals surface area contributed by atoms with Crippen molar-refractivity contribution in [2.75, 3.05) is 11.9 Å². The van der Waals surface area contributed by atoms with Crippen molar-refractivity contribution in [1.82, 2.24) is 15.3 Å². The van der Waals surface area contributed by atoms with Crippen LogP contribution in [0.2, 0.25) is 5.15 Å². The summed E-state index contributed by atoms with van der Waals surface area (Å²) < 4.78 is 19.4. The van der Waals surface area contributed by atoms with E-state index in [0.29, 0.717) is 6.61 Å². The van der Waals surface area contributed by atoms with E-state index < -0.39 is 5.82 Å². The van der Waals surface area contributed by atoms with Gasteiger partial charge in [0.2, 0.25) is 11.7 Å². The van der Waals surface area contributed by atoms with Crippen LogP contribution in [0.4, 0.5) is 10.2 Å². The van der Waals surface area contributed by atoms with Crippen LogP contribution >= 0.6 is 11.6 Å². The molecule has 1 saturated carbocycles. The Morgan fingerprint density at radius 2 is 2.12 bits per heavy atom. The summed E-state index contributed by atoms with van der Waals surface area (Å²) in [5, 5.41) is 5.88. The van der Waals surface area contributed by atoms with E-state index in [2.05, 4.69) is 20.6 Å². The maximum absolute atomic E-state index is 13.7. The lowest BCUT2D eigenvalue weighted by Crippen LogP contribution is -2.52. The average Bonchev–Trinajstić information content (AvgIpc) is 2.48. The van der Waals surface area contributed by atoms with E-state index in [1.54, 1.807) is 0 Å². The Morgan fingerprint density at radius 3 is 2.83 bits per heavy atom. The molecule has 6 nitrogen and oxygen atoms in total. The van der Waals surface area contributed by atoms with Crippen molar-refractivity contribution in [2.24, 2.45) is 5.92 Å². The molecule has 1 amide bonds. The molecule has 24 heavy (non-hydrogen) atoms. The van der Waals surface area contributed by atoms with E-state index in [-0.39, 0.29) is 40.5 Å². The Kier molecular flexibility index (Phi) is 4.92. The third-order valence-electron chi connectivity index (χ3n) is 4.64. The molecule has 1 aromatic heterocycles. The molecule has 8 heteroatoms. The van der Waals surface area contributed by atoms with Gasteiger partial charge >= 0.3 is 0 Å². The standard InChI is InChI=1S/C16H22ClFN4O2/c1-16(2)7-9(3-4-24-16)15(23)22-11-5-10(6-11)21-14-12(18)13(17)19-8-20-14/h8-11H,3-7H2,1-2H3,(H,22,23)(H,19,20,21). The highest BCUT2D eigenvalue weighted by molar-refractivity contribution is 6.29. The molecular formula is C16H22ClFN4O2. The zero-order valence-corrected chi connectivity index (χ0v) is 14.6. The maximum atomic E-state index is 13.7. The highest BCUT2D eigenvalue weighted by atomic mass is 35.5. The first kappa shape index (κ1) is 17.4. The second kappa shape index (κ2) is 6.80. The van der Waals surface area contributed by atoms with Crippen molar-refractivity contribution in [3.63, 3.8) is 0 Å². The quantitative estimate of drug-likeness (QED) is 0.811. The first-order valence-electron chi connectivity index (χ1n) is 8.21. The monoisotopic (exact) mass is 356 g/mol. The number of carbonyl (C=O) groups excluding carboxylic acids is 1. The van der Waals surface area contributed by atoms with Gasteiger partial charge in [0.15, 0.2) is 11.0 Å². The van der Waals surface area contributed by atoms with Crippen molar-refractivity contribution in [3.8, 4) is 0 Å². The number of halogens is 2. The molecular weight excluding hydrogens is 335 g/mol. The minimum absolute atomic E-state index is 0.00104. The van der Waals surface area contributed by atoms with Gasteiger partial charge in [-0.2, -0.15) is 4.39 Å². The average molecular weight is 357 g/mol. The SMILES string of the molecule is CC1(C)CC(C(=O)NC2CC(Nc3ncnc(Cl)c3F)C2)CCO1. The van der Waals surface area contributed by atoms with E-state index in [4.69, 9.17) is 16.3 Å². The van der Waals surface area contributed by atoms with Gasteiger partial charge < -0.3 is 15.4 Å². The lowest BCUT2D eigenvalue weighted by Gasteiger charge is -2.39. The van der Waals surface area contributed by atoms with Crippen molar-refractivity contribution in [2.45, 2.75) is 57.2 Å². The lowest BCUT2D eigenvalue weighted by molar-refractivity contribution is -0.136. The second-order valence-corrected chi connectivity index (χ2v) is 7.50. The highest BCUT2D eigenvalue weighted by Gasteiger charge is 2.36. The summed E-state index contributed by atoms with van der Waals surface area (Å²) in [4.78, 5) is 19.8. The predicted molar refractivity (Wildman–Crippen MR) is 88.3 cm³/mol. The molecule has 2 aliphatic rings. The van der Waals surface area contributed by atoms with Gasteiger partial charge in [0.25, 0.3) is 0 Å². The van der Waals surface area contributed by atoms with Gasteiger partial charge in [-0.25, -0.2) is 9.97 Å². The summed E-state index contributed by atoms with van der Waals surface area (Å²) in [5.74, 6) is -0.447. The van der Waals surface area contributed by atoms with Crippen molar-refractivity contribution in [1.29, 1.82) is 0 Å². The van der Waals surface area contributed by atoms with E-state index >= 15 is 0 Å². The van der Waals surface area contributed by atoms with Gasteiger partial charge in [-0.15, -0.1) is 0 Å². The van der Waals surface area contributed by atoms with E-state index in [9.17, 15) is 9.18 Å². The third kappa shape index (κ3) is 3.95. The Morgan fingerprint density at radius 1 is 1.38 bits per heavy atom. The van der Waals surface area contributed by atoms with Crippen LogP contribution in [0.3, 0.4) is 0 Å². The largest absolute Gasteiger partial charge is 0.376 e. The number of nitrogens with one attached hydrogen (secondary N) is 2. The van der Waals surface area contributed by atoms with Crippen molar-refractivity contribution >= 4 is 23.3 Å². The molecule has 0 bridgehead atoms. The number of nitrogens with zero attached hydrogens (tertiary/aromatic N) is 2. The molecule has 2 N–H and O–H groups in total. The zero-order valence-electron chi connectivity index (χ0n) is 13.8. The molecule has 0 spiro atoms. The minimum Gasteiger partial charge on any atom is -0.376 e. The smallest absolute Gasteiger partial charge is 0.223 e. The van der Waals surface area contributed by atoms with Gasteiger partial charge in [-0.1, -0.05) is 11.6 Å². The first-order valence-corrected chi connectivity index (χ1v) is 8.59. The number of aromatic nitrogens is 2. The third-order valence-corrected chi connectivity index (χ3v) is 4.90. The molecule has 1 aliphatic carbocycles. The van der Waals surface area contributed by atoms with Crippen LogP contribution in [0.15, 0.2) is 6.33 Å². The van der Waals surface area contributed by atoms with Gasteiger partial charge in [0.05, 0.1) is 5.60 Å². The number of hydrogen-bond acceptors (Lipinski definition) is 5. The Bertz CT molecular complexity index is 622. The van der Waals surface area contributed by atoms with Crippen LogP contribution in [-0.4, -0.2) is 40.2 Å². The van der Waals surface area contributed by atoms with Crippen LogP contribution in [0.1, 0.15) is 39.5 Å². The molecule has 1 aliphatic heterocycles. The van der Waals surface area contributed by atoms with Gasteiger partial charge in [0.1, 0.15) is 6.33 Å². The van der Waals surface area contributed by atoms with E-state index in [1.807, 2.05) is 13.8 Å². The summed E-state index contributed by atoms with van der Waals surface area (Å²) >= 11 is 5.63. The van der Waals surface area contributed by atoms with Crippen LogP contribution in [0.5, 0.6) is 0 Å². The maximum Gasteiger partial charge on any atom is 0.223 e. The van der Waals surface area contributed by atoms with Crippen LogP contribution in [0, 0.1) is 11.7 Å². The van der Waals surface area contributed by atoms with Gasteiger partial charge in [-0.05, 0) is 39.5 Å². The van der Waals surface area contributed by atoms with Crippen LogP contribution in [0.25, 0.3) is 0 Å². The Labute approximate surface area is 145 Å². The first-order chi connectivity index (χ1) is 11.3. The molecule has 132 valence electrons. The Balaban J connectivity index is 1.45. The molecule has 2 fully saturated rings. The summed E-state index contributed by atoms with van der Waals surface area (Å²) in [7, 11) is 0. The lowest BCUT2D eigenvalue weighted by atomic mass is 9.84. The van der Waals surface area contributed by atoms with E-state index in [1.165, 1.54) is 6.33 Å². The molecule has 1 aromatic rings. The molecule has 1 saturated heterocycles. The van der Waals surface area contributed by atoms with Gasteiger partial charge in [-0.3, -0.25) is 4.79 Å². The van der Waals surface area contributed by atoms with E-state index in [0.717, 1.165) is 25.7 Å². The van der Waals surface area contributed by atoms with Crippen LogP contribution < -0.4 is 10.6 Å². The molecule has 0 aromatic carbocycles. The van der Waals surface area contributed by atoms with Gasteiger partial charge in [0, 0.05) is 24.6 Å². The summed E-state index contributed by atoms with van der Waals surface area (Å²) in [5.41, 5.74) is -0.242. The minimum atomic E-state index is -0.643. The number of ether oxygens (including phenoxy) is 1.